The molecule has 0 radical (unpaired) electrons. The Balaban J connectivity index is 0.00000156. The number of fused-ring (bicyclic) bond motifs is 2. The number of nitrogens with zero attached hydrogens (tertiary/aromatic N) is 4. The smallest absolute Gasteiger partial charge is 0.294 e. The van der Waals surface area contributed by atoms with Crippen LogP contribution in [0.3, 0.4) is 0 Å². The fraction of sp³-hybridized carbons (Fsp3) is 0.400. The number of nitrogens with two attached hydrogens (primary N) is 2. The monoisotopic (exact) mass is 334 g/mol. The van der Waals surface area contributed by atoms with Gasteiger partial charge in [-0.25, -0.2) is 9.67 Å². The van der Waals surface area contributed by atoms with Crippen LogP contribution in [-0.2, 0) is 13.1 Å². The highest BCUT2D eigenvalue weighted by Gasteiger charge is 2.23. The largest absolute Gasteiger partial charge is 0.397 e. The Labute approximate surface area is 139 Å². The summed E-state index contributed by atoms with van der Waals surface area (Å²) in [6.45, 7) is 2.29. The third kappa shape index (κ3) is 2.41. The molecule has 4 rings (SSSR count). The van der Waals surface area contributed by atoms with Crippen molar-refractivity contribution in [2.45, 2.75) is 32.4 Å². The van der Waals surface area contributed by atoms with Gasteiger partial charge in [-0.2, -0.15) is 0 Å². The van der Waals surface area contributed by atoms with Gasteiger partial charge in [-0.05, 0) is 37.0 Å². The first kappa shape index (κ1) is 15.6. The molecule has 1 aromatic heterocycles. The molecular weight excluding hydrogens is 316 g/mol. The van der Waals surface area contributed by atoms with Gasteiger partial charge in [0.1, 0.15) is 0 Å². The minimum atomic E-state index is -0.142. The number of hydrogen-bond donors (Lipinski definition) is 2. The van der Waals surface area contributed by atoms with Crippen LogP contribution in [0.2, 0.25) is 0 Å². The van der Waals surface area contributed by atoms with E-state index in [1.165, 1.54) is 0 Å². The van der Waals surface area contributed by atoms with E-state index in [2.05, 4.69) is 9.98 Å². The van der Waals surface area contributed by atoms with Gasteiger partial charge in [-0.1, -0.05) is 0 Å². The zero-order valence-electron chi connectivity index (χ0n) is 12.7. The van der Waals surface area contributed by atoms with Crippen molar-refractivity contribution in [1.82, 2.24) is 9.36 Å². The number of allylic oxidation sites excluding steroid dienone is 3. The molecule has 8 heteroatoms. The molecule has 3 heterocycles. The number of aromatic nitrogens is 2. The molecule has 0 bridgehead atoms. The molecule has 122 valence electrons. The first-order valence-electron chi connectivity index (χ1n) is 7.56. The van der Waals surface area contributed by atoms with Crippen LogP contribution >= 0.6 is 12.4 Å². The minimum absolute atomic E-state index is 0. The Morgan fingerprint density at radius 3 is 2.70 bits per heavy atom. The zero-order valence-corrected chi connectivity index (χ0v) is 13.5. The second-order valence-electron chi connectivity index (χ2n) is 5.78. The number of anilines is 1. The lowest BCUT2D eigenvalue weighted by molar-refractivity contribution is 0.601. The number of rotatable bonds is 1. The Hall–Kier alpha value is -2.28. The van der Waals surface area contributed by atoms with Crippen molar-refractivity contribution in [3.8, 4) is 0 Å². The predicted molar refractivity (Wildman–Crippen MR) is 94.0 cm³/mol. The first-order valence-corrected chi connectivity index (χ1v) is 7.56. The number of hydrogen-bond acceptors (Lipinski definition) is 5. The number of nitrogen functional groups attached to an aromatic ring is 1. The maximum absolute atomic E-state index is 12.4. The predicted octanol–water partition coefficient (Wildman–Crippen LogP) is 1.15. The molecule has 2 aliphatic heterocycles. The molecule has 0 saturated heterocycles. The van der Waals surface area contributed by atoms with E-state index in [1.807, 2.05) is 12.2 Å². The molecule has 1 aromatic rings. The highest BCUT2D eigenvalue weighted by molar-refractivity contribution is 6.24. The summed E-state index contributed by atoms with van der Waals surface area (Å²) in [6.07, 6.45) is 6.69. The van der Waals surface area contributed by atoms with E-state index < -0.39 is 0 Å². The van der Waals surface area contributed by atoms with Crippen LogP contribution < -0.4 is 17.0 Å². The average molecular weight is 335 g/mol. The second kappa shape index (κ2) is 5.73. The Kier molecular flexibility index (Phi) is 3.89. The highest BCUT2D eigenvalue weighted by Crippen LogP contribution is 2.25. The summed E-state index contributed by atoms with van der Waals surface area (Å²) in [6, 6.07) is 0. The van der Waals surface area contributed by atoms with Gasteiger partial charge in [0.05, 0.1) is 17.1 Å². The van der Waals surface area contributed by atoms with Crippen molar-refractivity contribution < 1.29 is 0 Å². The van der Waals surface area contributed by atoms with E-state index in [-0.39, 0.29) is 18.0 Å². The summed E-state index contributed by atoms with van der Waals surface area (Å²) >= 11 is 0. The Morgan fingerprint density at radius 1 is 1.13 bits per heavy atom. The fourth-order valence-corrected chi connectivity index (χ4v) is 3.20. The van der Waals surface area contributed by atoms with E-state index >= 15 is 0 Å². The van der Waals surface area contributed by atoms with E-state index in [9.17, 15) is 4.79 Å². The van der Waals surface area contributed by atoms with Gasteiger partial charge in [-0.3, -0.25) is 14.5 Å². The van der Waals surface area contributed by atoms with Gasteiger partial charge in [0.2, 0.25) is 0 Å². The summed E-state index contributed by atoms with van der Waals surface area (Å²) in [5.74, 6) is 0.421. The van der Waals surface area contributed by atoms with Gasteiger partial charge in [-0.15, -0.1) is 12.4 Å². The summed E-state index contributed by atoms with van der Waals surface area (Å²) in [4.78, 5) is 21.3. The quantitative estimate of drug-likeness (QED) is 0.753. The SMILES string of the molecule is Cl.NC1=CC2=NCCCC2=CC1=Nc1c(N)n2n(c1=O)CCC2. The van der Waals surface area contributed by atoms with Crippen LogP contribution in [0.1, 0.15) is 19.3 Å². The van der Waals surface area contributed by atoms with Gasteiger partial charge in [0.15, 0.2) is 11.5 Å². The van der Waals surface area contributed by atoms with Crippen LogP contribution in [0.15, 0.2) is 38.2 Å². The average Bonchev–Trinajstić information content (AvgIpc) is 3.08. The van der Waals surface area contributed by atoms with E-state index in [0.29, 0.717) is 29.5 Å². The van der Waals surface area contributed by atoms with Crippen LogP contribution in [0.25, 0.3) is 0 Å². The normalized spacial score (nSPS) is 21.0. The third-order valence-corrected chi connectivity index (χ3v) is 4.34. The number of halogens is 1. The molecule has 0 unspecified atom stereocenters. The van der Waals surface area contributed by atoms with Gasteiger partial charge >= 0.3 is 0 Å². The summed E-state index contributed by atoms with van der Waals surface area (Å²) < 4.78 is 3.45. The molecular formula is C15H19ClN6O. The van der Waals surface area contributed by atoms with E-state index in [1.54, 1.807) is 9.36 Å². The maximum atomic E-state index is 12.4. The molecule has 23 heavy (non-hydrogen) atoms. The topological polar surface area (TPSA) is 104 Å². The molecule has 1 aliphatic carbocycles. The molecule has 0 amide bonds. The van der Waals surface area contributed by atoms with Crippen molar-refractivity contribution in [2.75, 3.05) is 12.3 Å². The summed E-state index contributed by atoms with van der Waals surface area (Å²) in [7, 11) is 0. The number of aliphatic imine (C=N–C) groups is 2. The van der Waals surface area contributed by atoms with Crippen LogP contribution in [-0.4, -0.2) is 27.3 Å². The molecule has 4 N–H and O–H groups in total. The molecule has 3 aliphatic rings. The first-order chi connectivity index (χ1) is 10.6. The summed E-state index contributed by atoms with van der Waals surface area (Å²) in [5.41, 5.74) is 15.5. The van der Waals surface area contributed by atoms with E-state index in [0.717, 1.165) is 43.6 Å². The van der Waals surface area contributed by atoms with Crippen molar-refractivity contribution in [3.63, 3.8) is 0 Å². The van der Waals surface area contributed by atoms with Gasteiger partial charge in [0.25, 0.3) is 5.56 Å². The Bertz CT molecular complexity index is 839. The lowest BCUT2D eigenvalue weighted by Gasteiger charge is -2.18. The van der Waals surface area contributed by atoms with Crippen molar-refractivity contribution in [3.05, 3.63) is 33.8 Å². The molecule has 0 saturated carbocycles. The maximum Gasteiger partial charge on any atom is 0.294 e. The standard InChI is InChI=1S/C15H18N6O.ClH/c16-10-8-11-9(3-1-4-18-11)7-12(10)19-13-14(17)20-5-2-6-21(20)15(13)22;/h7-8H,1-6,16-17H2;1H. The van der Waals surface area contributed by atoms with Crippen molar-refractivity contribution in [2.24, 2.45) is 15.7 Å². The molecule has 7 nitrogen and oxygen atoms in total. The summed E-state index contributed by atoms with van der Waals surface area (Å²) in [5, 5.41) is 0. The lowest BCUT2D eigenvalue weighted by atomic mass is 9.94. The van der Waals surface area contributed by atoms with Gasteiger partial charge in [0, 0.05) is 19.6 Å². The van der Waals surface area contributed by atoms with Crippen LogP contribution in [0, 0.1) is 0 Å². The third-order valence-electron chi connectivity index (χ3n) is 4.34. The molecule has 0 fully saturated rings. The van der Waals surface area contributed by atoms with Crippen molar-refractivity contribution >= 4 is 35.3 Å². The van der Waals surface area contributed by atoms with Crippen molar-refractivity contribution in [1.29, 1.82) is 0 Å². The van der Waals surface area contributed by atoms with Crippen LogP contribution in [0.4, 0.5) is 11.5 Å². The molecule has 0 aromatic carbocycles. The van der Waals surface area contributed by atoms with Gasteiger partial charge < -0.3 is 11.5 Å². The highest BCUT2D eigenvalue weighted by atomic mass is 35.5. The van der Waals surface area contributed by atoms with Crippen LogP contribution in [0.5, 0.6) is 0 Å². The molecule has 0 spiro atoms. The fourth-order valence-electron chi connectivity index (χ4n) is 3.20. The van der Waals surface area contributed by atoms with E-state index in [4.69, 9.17) is 11.5 Å². The second-order valence-corrected chi connectivity index (χ2v) is 5.78. The minimum Gasteiger partial charge on any atom is -0.397 e. The molecule has 0 atom stereocenters. The zero-order chi connectivity index (χ0) is 15.3. The lowest BCUT2D eigenvalue weighted by Crippen LogP contribution is -2.21. The Morgan fingerprint density at radius 2 is 1.91 bits per heavy atom.